The molecule has 4 rings (SSSR count). The molecule has 1 aromatic carbocycles. The summed E-state index contributed by atoms with van der Waals surface area (Å²) in [5, 5.41) is 46.3. The number of hydrogen-bond acceptors (Lipinski definition) is 9. The van der Waals surface area contributed by atoms with E-state index in [1.807, 2.05) is 0 Å². The highest BCUT2D eigenvalue weighted by atomic mass is 35.5. The van der Waals surface area contributed by atoms with Crippen LogP contribution >= 0.6 is 11.6 Å². The molecule has 1 aromatic heterocycles. The van der Waals surface area contributed by atoms with Crippen LogP contribution in [0.3, 0.4) is 0 Å². The molecule has 10 nitrogen and oxygen atoms in total. The van der Waals surface area contributed by atoms with Crippen molar-refractivity contribution in [3.05, 3.63) is 52.3 Å². The largest absolute Gasteiger partial charge is 0.434 e. The number of pyridine rings is 1. The molecule has 0 aliphatic carbocycles. The molecule has 5 N–H and O–H groups in total. The Morgan fingerprint density at radius 2 is 1.94 bits per heavy atom. The predicted molar refractivity (Wildman–Crippen MR) is 130 cm³/mol. The Kier molecular flexibility index (Phi) is 7.13. The van der Waals surface area contributed by atoms with Gasteiger partial charge in [-0.3, -0.25) is 14.7 Å². The first kappa shape index (κ1) is 26.5. The monoisotopic (exact) mass is 519 g/mol. The number of piperidine rings is 1. The van der Waals surface area contributed by atoms with Gasteiger partial charge in [0, 0.05) is 35.9 Å². The summed E-state index contributed by atoms with van der Waals surface area (Å²) >= 11 is 6.16. The van der Waals surface area contributed by atoms with E-state index >= 15 is 0 Å². The van der Waals surface area contributed by atoms with E-state index in [0.29, 0.717) is 28.4 Å². The summed E-state index contributed by atoms with van der Waals surface area (Å²) in [6.07, 6.45) is 2.42. The van der Waals surface area contributed by atoms with Gasteiger partial charge in [0.05, 0.1) is 18.2 Å². The van der Waals surface area contributed by atoms with E-state index in [2.05, 4.69) is 10.3 Å². The molecular formula is C25H30ClN3O7. The van der Waals surface area contributed by atoms with E-state index in [1.54, 1.807) is 25.1 Å². The zero-order chi connectivity index (χ0) is 26.3. The molecule has 1 atom stereocenters. The molecule has 0 bridgehead atoms. The Bertz CT molecular complexity index is 1180. The lowest BCUT2D eigenvalue weighted by Crippen LogP contribution is -2.71. The van der Waals surface area contributed by atoms with Crippen LogP contribution in [0.1, 0.15) is 43.0 Å². The Morgan fingerprint density at radius 1 is 1.25 bits per heavy atom. The molecule has 3 heterocycles. The van der Waals surface area contributed by atoms with Crippen LogP contribution in [0.2, 0.25) is 5.02 Å². The second kappa shape index (κ2) is 9.70. The van der Waals surface area contributed by atoms with Crippen LogP contribution in [0.4, 0.5) is 5.69 Å². The zero-order valence-electron chi connectivity index (χ0n) is 20.1. The van der Waals surface area contributed by atoms with Gasteiger partial charge in [0.15, 0.2) is 0 Å². The highest BCUT2D eigenvalue weighted by molar-refractivity contribution is 6.31. The van der Waals surface area contributed by atoms with Crippen molar-refractivity contribution in [2.75, 3.05) is 25.0 Å². The fraction of sp³-hybridized carbons (Fsp3) is 0.480. The molecule has 194 valence electrons. The molecule has 0 saturated carbocycles. The van der Waals surface area contributed by atoms with Crippen molar-refractivity contribution < 1.29 is 34.8 Å². The van der Waals surface area contributed by atoms with Gasteiger partial charge < -0.3 is 35.3 Å². The minimum absolute atomic E-state index is 0.00208. The molecule has 1 fully saturated rings. The number of rotatable bonds is 8. The number of nitrogens with zero attached hydrogens (tertiary/aromatic N) is 2. The molecule has 2 aromatic rings. The molecule has 2 aliphatic rings. The SMILES string of the molecule is CC(=O)CCc1cc(OC(O)(O)C(O)(CO)N2CCC3(CC2)C(=O)Nc2ccc(Cl)cc23)cnc1C. The summed E-state index contributed by atoms with van der Waals surface area (Å²) in [7, 11) is 0. The lowest BCUT2D eigenvalue weighted by molar-refractivity contribution is -0.416. The van der Waals surface area contributed by atoms with Gasteiger partial charge in [0.2, 0.25) is 11.6 Å². The highest BCUT2D eigenvalue weighted by Crippen LogP contribution is 2.47. The van der Waals surface area contributed by atoms with Crippen LogP contribution in [0.25, 0.3) is 0 Å². The zero-order valence-corrected chi connectivity index (χ0v) is 20.9. The number of aliphatic hydroxyl groups is 4. The first-order valence-corrected chi connectivity index (χ1v) is 12.1. The molecule has 36 heavy (non-hydrogen) atoms. The second-order valence-corrected chi connectivity index (χ2v) is 9.95. The van der Waals surface area contributed by atoms with Crippen molar-refractivity contribution in [1.82, 2.24) is 9.88 Å². The number of aromatic nitrogens is 1. The van der Waals surface area contributed by atoms with E-state index in [9.17, 15) is 30.0 Å². The van der Waals surface area contributed by atoms with Crippen LogP contribution in [-0.2, 0) is 21.4 Å². The van der Waals surface area contributed by atoms with Crippen molar-refractivity contribution in [1.29, 1.82) is 0 Å². The molecule has 1 amide bonds. The first-order valence-electron chi connectivity index (χ1n) is 11.7. The van der Waals surface area contributed by atoms with Crippen molar-refractivity contribution >= 4 is 29.0 Å². The highest BCUT2D eigenvalue weighted by Gasteiger charge is 2.59. The fourth-order valence-corrected chi connectivity index (χ4v) is 5.14. The van der Waals surface area contributed by atoms with Gasteiger partial charge in [-0.2, -0.15) is 0 Å². The fourth-order valence-electron chi connectivity index (χ4n) is 4.97. The maximum Gasteiger partial charge on any atom is 0.370 e. The topological polar surface area (TPSA) is 152 Å². The average molecular weight is 520 g/mol. The Hall–Kier alpha value is -2.60. The lowest BCUT2D eigenvalue weighted by atomic mass is 9.73. The van der Waals surface area contributed by atoms with E-state index in [4.69, 9.17) is 16.3 Å². The Balaban J connectivity index is 1.53. The Morgan fingerprint density at radius 3 is 2.58 bits per heavy atom. The maximum absolute atomic E-state index is 12.9. The van der Waals surface area contributed by atoms with Gasteiger partial charge in [-0.15, -0.1) is 0 Å². The summed E-state index contributed by atoms with van der Waals surface area (Å²) in [6, 6.07) is 6.68. The van der Waals surface area contributed by atoms with E-state index in [0.717, 1.165) is 5.56 Å². The van der Waals surface area contributed by atoms with Crippen LogP contribution in [-0.4, -0.2) is 73.4 Å². The Labute approximate surface area is 213 Å². The number of amides is 1. The van der Waals surface area contributed by atoms with Crippen molar-refractivity contribution in [2.24, 2.45) is 0 Å². The molecule has 1 unspecified atom stereocenters. The molecule has 2 aliphatic heterocycles. The molecule has 0 radical (unpaired) electrons. The summed E-state index contributed by atoms with van der Waals surface area (Å²) in [5.74, 6) is -3.47. The number of fused-ring (bicyclic) bond motifs is 2. The number of anilines is 1. The van der Waals surface area contributed by atoms with Gasteiger partial charge >= 0.3 is 5.97 Å². The van der Waals surface area contributed by atoms with Gasteiger partial charge in [-0.1, -0.05) is 11.6 Å². The quantitative estimate of drug-likeness (QED) is 0.324. The van der Waals surface area contributed by atoms with Gasteiger partial charge in [-0.05, 0) is 68.5 Å². The summed E-state index contributed by atoms with van der Waals surface area (Å²) in [5.41, 5.74) is -0.731. The van der Waals surface area contributed by atoms with E-state index in [-0.39, 0.29) is 49.8 Å². The number of likely N-dealkylation sites (tertiary alicyclic amines) is 1. The summed E-state index contributed by atoms with van der Waals surface area (Å²) < 4.78 is 5.34. The number of hydrogen-bond donors (Lipinski definition) is 5. The van der Waals surface area contributed by atoms with Crippen LogP contribution in [0.5, 0.6) is 5.75 Å². The third-order valence-electron chi connectivity index (χ3n) is 7.24. The summed E-state index contributed by atoms with van der Waals surface area (Å²) in [6.45, 7) is 2.28. The van der Waals surface area contributed by atoms with Crippen molar-refractivity contribution in [3.63, 3.8) is 0 Å². The number of ether oxygens (including phenoxy) is 1. The third-order valence-corrected chi connectivity index (χ3v) is 7.47. The number of ketones is 1. The number of halogens is 1. The lowest BCUT2D eigenvalue weighted by Gasteiger charge is -2.48. The summed E-state index contributed by atoms with van der Waals surface area (Å²) in [4.78, 5) is 29.7. The first-order chi connectivity index (χ1) is 16.9. The third kappa shape index (κ3) is 4.60. The number of aryl methyl sites for hydroxylation is 2. The van der Waals surface area contributed by atoms with Crippen molar-refractivity contribution in [2.45, 2.75) is 56.6 Å². The minimum atomic E-state index is -3.22. The second-order valence-electron chi connectivity index (χ2n) is 9.52. The van der Waals surface area contributed by atoms with Crippen molar-refractivity contribution in [3.8, 4) is 5.75 Å². The minimum Gasteiger partial charge on any atom is -0.434 e. The number of carbonyl (C=O) groups excluding carboxylic acids is 2. The van der Waals surface area contributed by atoms with Crippen LogP contribution < -0.4 is 10.1 Å². The number of aliphatic hydroxyl groups excluding tert-OH is 1. The number of benzene rings is 1. The van der Waals surface area contributed by atoms with Crippen LogP contribution in [0.15, 0.2) is 30.5 Å². The van der Waals surface area contributed by atoms with E-state index < -0.39 is 23.7 Å². The number of Topliss-reactive ketones (excluding diaryl/α,β-unsaturated/α-hetero) is 1. The number of nitrogens with one attached hydrogen (secondary N) is 1. The molecule has 1 spiro atoms. The number of carbonyl (C=O) groups is 2. The van der Waals surface area contributed by atoms with E-state index in [1.165, 1.54) is 24.1 Å². The average Bonchev–Trinajstić information content (AvgIpc) is 3.09. The predicted octanol–water partition coefficient (Wildman–Crippen LogP) is 1.25. The molecule has 1 saturated heterocycles. The van der Waals surface area contributed by atoms with Gasteiger partial charge in [0.25, 0.3) is 0 Å². The standard InChI is InChI=1S/C25H30ClN3O7/c1-15(31)3-4-17-11-19(13-27-16(17)2)36-25(34,35)24(33,14-30)29-9-7-23(8-10-29)20-12-18(26)5-6-21(20)28-22(23)32/h5-6,11-13,30,33-35H,3-4,7-10,14H2,1-2H3,(H,28,32). The van der Waals surface area contributed by atoms with Crippen LogP contribution in [0, 0.1) is 6.92 Å². The smallest absolute Gasteiger partial charge is 0.370 e. The normalized spacial score (nSPS) is 19.0. The van der Waals surface area contributed by atoms with Gasteiger partial charge in [-0.25, -0.2) is 0 Å². The maximum atomic E-state index is 12.9. The van der Waals surface area contributed by atoms with Gasteiger partial charge in [0.1, 0.15) is 11.5 Å². The molecular weight excluding hydrogens is 490 g/mol. The molecule has 11 heteroatoms.